The van der Waals surface area contributed by atoms with Crippen LogP contribution >= 0.6 is 11.3 Å². The lowest BCUT2D eigenvalue weighted by atomic mass is 10.1. The molecule has 0 saturated carbocycles. The number of hydrogen-bond donors (Lipinski definition) is 1. The van der Waals surface area contributed by atoms with Gasteiger partial charge in [0.25, 0.3) is 0 Å². The Balaban J connectivity index is 2.24. The van der Waals surface area contributed by atoms with E-state index in [4.69, 9.17) is 5.73 Å². The Hall–Kier alpha value is -1.26. The van der Waals surface area contributed by atoms with E-state index >= 15 is 0 Å². The number of nitrogens with zero attached hydrogens (tertiary/aromatic N) is 1. The van der Waals surface area contributed by atoms with E-state index in [9.17, 15) is 4.39 Å². The molecule has 2 N–H and O–H groups in total. The van der Waals surface area contributed by atoms with E-state index in [0.29, 0.717) is 18.5 Å². The summed E-state index contributed by atoms with van der Waals surface area (Å²) < 4.78 is 13.5. The van der Waals surface area contributed by atoms with E-state index in [1.54, 1.807) is 23.5 Å². The summed E-state index contributed by atoms with van der Waals surface area (Å²) in [6.45, 7) is 2.57. The van der Waals surface area contributed by atoms with Gasteiger partial charge in [-0.25, -0.2) is 9.37 Å². The van der Waals surface area contributed by atoms with Crippen molar-refractivity contribution in [3.63, 3.8) is 0 Å². The molecule has 0 aliphatic heterocycles. The first-order valence-corrected chi connectivity index (χ1v) is 6.47. The van der Waals surface area contributed by atoms with E-state index in [1.807, 2.05) is 6.07 Å². The molecule has 1 aromatic heterocycles. The van der Waals surface area contributed by atoms with E-state index in [1.165, 1.54) is 6.07 Å². The minimum absolute atomic E-state index is 0.171. The average Bonchev–Trinajstić information content (AvgIpc) is 2.74. The molecule has 0 unspecified atom stereocenters. The molecule has 2 rings (SSSR count). The van der Waals surface area contributed by atoms with Gasteiger partial charge in [0.05, 0.1) is 10.7 Å². The summed E-state index contributed by atoms with van der Waals surface area (Å²) in [6.07, 6.45) is 1.42. The highest BCUT2D eigenvalue weighted by Crippen LogP contribution is 2.22. The van der Waals surface area contributed by atoms with Gasteiger partial charge in [-0.1, -0.05) is 25.1 Å². The second-order valence-corrected chi connectivity index (χ2v) is 4.97. The molecule has 2 nitrogen and oxygen atoms in total. The zero-order valence-electron chi connectivity index (χ0n) is 9.74. The van der Waals surface area contributed by atoms with Gasteiger partial charge in [-0.15, -0.1) is 11.3 Å². The third-order valence-electron chi connectivity index (χ3n) is 2.64. The SMILES string of the molecule is CCc1nc(Cc2ccccc2F)sc1CN. The highest BCUT2D eigenvalue weighted by atomic mass is 32.1. The number of rotatable bonds is 4. The Morgan fingerprint density at radius 3 is 2.71 bits per heavy atom. The summed E-state index contributed by atoms with van der Waals surface area (Å²) in [4.78, 5) is 5.62. The highest BCUT2D eigenvalue weighted by molar-refractivity contribution is 7.11. The van der Waals surface area contributed by atoms with Gasteiger partial charge in [-0.2, -0.15) is 0 Å². The molecule has 0 fully saturated rings. The molecule has 17 heavy (non-hydrogen) atoms. The van der Waals surface area contributed by atoms with Gasteiger partial charge >= 0.3 is 0 Å². The van der Waals surface area contributed by atoms with Crippen molar-refractivity contribution in [2.45, 2.75) is 26.3 Å². The van der Waals surface area contributed by atoms with Crippen molar-refractivity contribution in [1.29, 1.82) is 0 Å². The molecule has 2 aromatic rings. The fraction of sp³-hybridized carbons (Fsp3) is 0.308. The zero-order chi connectivity index (χ0) is 12.3. The van der Waals surface area contributed by atoms with E-state index in [-0.39, 0.29) is 5.82 Å². The van der Waals surface area contributed by atoms with Crippen molar-refractivity contribution >= 4 is 11.3 Å². The Morgan fingerprint density at radius 2 is 2.12 bits per heavy atom. The number of halogens is 1. The standard InChI is InChI=1S/C13H15FN2S/c1-2-11-12(8-15)17-13(16-11)7-9-5-3-4-6-10(9)14/h3-6H,2,7-8,15H2,1H3. The quantitative estimate of drug-likeness (QED) is 0.906. The molecule has 90 valence electrons. The molecular weight excluding hydrogens is 235 g/mol. The second-order valence-electron chi connectivity index (χ2n) is 3.80. The topological polar surface area (TPSA) is 38.9 Å². The first-order valence-electron chi connectivity index (χ1n) is 5.65. The Bertz CT molecular complexity index is 486. The van der Waals surface area contributed by atoms with Crippen LogP contribution in [0.15, 0.2) is 24.3 Å². The maximum atomic E-state index is 13.5. The van der Waals surface area contributed by atoms with Crippen molar-refractivity contribution in [3.8, 4) is 0 Å². The van der Waals surface area contributed by atoms with Crippen LogP contribution in [0.3, 0.4) is 0 Å². The largest absolute Gasteiger partial charge is 0.326 e. The van der Waals surface area contributed by atoms with Crippen LogP contribution in [-0.2, 0) is 19.4 Å². The first-order chi connectivity index (χ1) is 8.24. The van der Waals surface area contributed by atoms with Crippen LogP contribution in [0.2, 0.25) is 0 Å². The summed E-state index contributed by atoms with van der Waals surface area (Å²) in [6, 6.07) is 6.82. The van der Waals surface area contributed by atoms with E-state index in [2.05, 4.69) is 11.9 Å². The van der Waals surface area contributed by atoms with Crippen molar-refractivity contribution in [2.24, 2.45) is 5.73 Å². The molecule has 0 bridgehead atoms. The molecule has 0 amide bonds. The highest BCUT2D eigenvalue weighted by Gasteiger charge is 2.10. The predicted octanol–water partition coefficient (Wildman–Crippen LogP) is 2.89. The van der Waals surface area contributed by atoms with Crippen LogP contribution in [0.4, 0.5) is 4.39 Å². The minimum Gasteiger partial charge on any atom is -0.326 e. The van der Waals surface area contributed by atoms with Gasteiger partial charge in [-0.3, -0.25) is 0 Å². The second kappa shape index (κ2) is 5.38. The molecule has 0 atom stereocenters. The van der Waals surface area contributed by atoms with Gasteiger partial charge < -0.3 is 5.73 Å². The fourth-order valence-electron chi connectivity index (χ4n) is 1.75. The number of hydrogen-bond acceptors (Lipinski definition) is 3. The summed E-state index contributed by atoms with van der Waals surface area (Å²) in [5.41, 5.74) is 7.39. The predicted molar refractivity (Wildman–Crippen MR) is 68.6 cm³/mol. The van der Waals surface area contributed by atoms with Crippen LogP contribution < -0.4 is 5.73 Å². The number of benzene rings is 1. The summed E-state index contributed by atoms with van der Waals surface area (Å²) in [5, 5.41) is 0.937. The van der Waals surface area contributed by atoms with Gasteiger partial charge in [0, 0.05) is 17.8 Å². The molecule has 0 aliphatic rings. The number of thiazole rings is 1. The molecular formula is C13H15FN2S. The number of nitrogens with two attached hydrogens (primary N) is 1. The zero-order valence-corrected chi connectivity index (χ0v) is 10.6. The van der Waals surface area contributed by atoms with Crippen molar-refractivity contribution in [1.82, 2.24) is 4.98 Å². The van der Waals surface area contributed by atoms with Gasteiger partial charge in [-0.05, 0) is 18.1 Å². The molecule has 1 aromatic carbocycles. The Morgan fingerprint density at radius 1 is 1.35 bits per heavy atom. The monoisotopic (exact) mass is 250 g/mol. The Kier molecular flexibility index (Phi) is 3.86. The average molecular weight is 250 g/mol. The van der Waals surface area contributed by atoms with E-state index < -0.39 is 0 Å². The molecule has 1 heterocycles. The maximum Gasteiger partial charge on any atom is 0.126 e. The fourth-order valence-corrected chi connectivity index (χ4v) is 2.81. The Labute approximate surface area is 104 Å². The summed E-state index contributed by atoms with van der Waals surface area (Å²) >= 11 is 1.58. The lowest BCUT2D eigenvalue weighted by Gasteiger charge is -1.98. The molecule has 0 aliphatic carbocycles. The van der Waals surface area contributed by atoms with Gasteiger partial charge in [0.2, 0.25) is 0 Å². The van der Waals surface area contributed by atoms with Crippen molar-refractivity contribution < 1.29 is 4.39 Å². The lowest BCUT2D eigenvalue weighted by Crippen LogP contribution is -1.97. The third kappa shape index (κ3) is 2.70. The summed E-state index contributed by atoms with van der Waals surface area (Å²) in [7, 11) is 0. The van der Waals surface area contributed by atoms with Crippen LogP contribution in [-0.4, -0.2) is 4.98 Å². The van der Waals surface area contributed by atoms with Crippen molar-refractivity contribution in [3.05, 3.63) is 51.2 Å². The smallest absolute Gasteiger partial charge is 0.126 e. The number of aryl methyl sites for hydroxylation is 1. The van der Waals surface area contributed by atoms with Crippen LogP contribution in [0, 0.1) is 5.82 Å². The van der Waals surface area contributed by atoms with Gasteiger partial charge in [0.15, 0.2) is 0 Å². The first kappa shape index (κ1) is 12.2. The molecule has 4 heteroatoms. The van der Waals surface area contributed by atoms with E-state index in [0.717, 1.165) is 22.0 Å². The summed E-state index contributed by atoms with van der Waals surface area (Å²) in [5.74, 6) is -0.171. The van der Waals surface area contributed by atoms with Crippen LogP contribution in [0.5, 0.6) is 0 Å². The van der Waals surface area contributed by atoms with Crippen LogP contribution in [0.1, 0.15) is 28.1 Å². The van der Waals surface area contributed by atoms with Crippen molar-refractivity contribution in [2.75, 3.05) is 0 Å². The molecule has 0 saturated heterocycles. The maximum absolute atomic E-state index is 13.5. The van der Waals surface area contributed by atoms with Gasteiger partial charge in [0.1, 0.15) is 5.82 Å². The number of aromatic nitrogens is 1. The molecule has 0 radical (unpaired) electrons. The van der Waals surface area contributed by atoms with Crippen LogP contribution in [0.25, 0.3) is 0 Å². The minimum atomic E-state index is -0.171. The normalized spacial score (nSPS) is 10.8. The third-order valence-corrected chi connectivity index (χ3v) is 3.76. The lowest BCUT2D eigenvalue weighted by molar-refractivity contribution is 0.613. The molecule has 0 spiro atoms.